The third-order valence-electron chi connectivity index (χ3n) is 5.07. The van der Waals surface area contributed by atoms with Crippen LogP contribution < -0.4 is 29.0 Å². The van der Waals surface area contributed by atoms with Crippen LogP contribution in [0.1, 0.15) is 13.3 Å². The maximum atomic E-state index is 12.9. The van der Waals surface area contributed by atoms with Gasteiger partial charge in [-0.25, -0.2) is 8.42 Å². The fourth-order valence-electron chi connectivity index (χ4n) is 3.20. The highest BCUT2D eigenvalue weighted by atomic mass is 32.2. The third-order valence-corrected chi connectivity index (χ3v) is 6.45. The van der Waals surface area contributed by atoms with Gasteiger partial charge in [0.2, 0.25) is 0 Å². The van der Waals surface area contributed by atoms with Crippen molar-refractivity contribution in [3.05, 3.63) is 66.7 Å². The van der Waals surface area contributed by atoms with Gasteiger partial charge in [-0.2, -0.15) is 0 Å². The number of amides is 1. The minimum atomic E-state index is -3.92. The number of hydrogen-bond donors (Lipinski definition) is 2. The monoisotopic (exact) mass is 500 g/mol. The molecule has 2 N–H and O–H groups in total. The molecule has 0 heterocycles. The Hall–Kier alpha value is -3.92. The molecular formula is C25H28N2O7S. The Labute approximate surface area is 205 Å². The molecule has 0 saturated carbocycles. The molecule has 9 nitrogen and oxygen atoms in total. The van der Waals surface area contributed by atoms with Gasteiger partial charge in [-0.1, -0.05) is 13.0 Å². The van der Waals surface area contributed by atoms with Crippen molar-refractivity contribution in [3.63, 3.8) is 0 Å². The van der Waals surface area contributed by atoms with Crippen LogP contribution in [0.25, 0.3) is 0 Å². The molecule has 0 saturated heterocycles. The van der Waals surface area contributed by atoms with Crippen LogP contribution in [0.2, 0.25) is 0 Å². The summed E-state index contributed by atoms with van der Waals surface area (Å²) in [6, 6.07) is 17.6. The first-order valence-electron chi connectivity index (χ1n) is 10.8. The van der Waals surface area contributed by atoms with Crippen molar-refractivity contribution in [3.8, 4) is 23.0 Å². The number of ether oxygens (including phenoxy) is 4. The Morgan fingerprint density at radius 2 is 1.51 bits per heavy atom. The molecule has 1 atom stereocenters. The molecular weight excluding hydrogens is 472 g/mol. The van der Waals surface area contributed by atoms with Gasteiger partial charge in [-0.3, -0.25) is 9.52 Å². The lowest BCUT2D eigenvalue weighted by molar-refractivity contribution is -0.122. The zero-order chi connectivity index (χ0) is 25.4. The van der Waals surface area contributed by atoms with Gasteiger partial charge in [0.25, 0.3) is 15.9 Å². The largest absolute Gasteiger partial charge is 0.497 e. The van der Waals surface area contributed by atoms with Crippen LogP contribution in [0.5, 0.6) is 23.0 Å². The first-order valence-corrected chi connectivity index (χ1v) is 12.2. The van der Waals surface area contributed by atoms with E-state index >= 15 is 0 Å². The highest BCUT2D eigenvalue weighted by molar-refractivity contribution is 7.92. The van der Waals surface area contributed by atoms with Crippen molar-refractivity contribution in [2.24, 2.45) is 0 Å². The number of carbonyl (C=O) groups is 1. The minimum Gasteiger partial charge on any atom is -0.497 e. The maximum absolute atomic E-state index is 12.9. The highest BCUT2D eigenvalue weighted by Crippen LogP contribution is 2.31. The average Bonchev–Trinajstić information content (AvgIpc) is 2.87. The van der Waals surface area contributed by atoms with Crippen molar-refractivity contribution in [1.29, 1.82) is 0 Å². The van der Waals surface area contributed by atoms with Gasteiger partial charge in [-0.15, -0.1) is 0 Å². The van der Waals surface area contributed by atoms with Gasteiger partial charge < -0.3 is 24.3 Å². The van der Waals surface area contributed by atoms with E-state index in [-0.39, 0.29) is 16.5 Å². The van der Waals surface area contributed by atoms with E-state index < -0.39 is 16.1 Å². The summed E-state index contributed by atoms with van der Waals surface area (Å²) in [6.07, 6.45) is -0.311. The van der Waals surface area contributed by atoms with Crippen molar-refractivity contribution in [2.75, 3.05) is 31.4 Å². The van der Waals surface area contributed by atoms with Crippen molar-refractivity contribution >= 4 is 27.3 Å². The number of anilines is 2. The fraction of sp³-hybridized carbons (Fsp3) is 0.240. The summed E-state index contributed by atoms with van der Waals surface area (Å²) in [7, 11) is 0.559. The number of hydrogen-bond acceptors (Lipinski definition) is 7. The van der Waals surface area contributed by atoms with E-state index in [4.69, 9.17) is 18.9 Å². The summed E-state index contributed by atoms with van der Waals surface area (Å²) in [5, 5.41) is 2.76. The predicted molar refractivity (Wildman–Crippen MR) is 133 cm³/mol. The van der Waals surface area contributed by atoms with Crippen molar-refractivity contribution in [2.45, 2.75) is 24.3 Å². The molecule has 3 aromatic rings. The quantitative estimate of drug-likeness (QED) is 0.403. The highest BCUT2D eigenvalue weighted by Gasteiger charge is 2.20. The molecule has 186 valence electrons. The summed E-state index contributed by atoms with van der Waals surface area (Å²) < 4.78 is 49.6. The summed E-state index contributed by atoms with van der Waals surface area (Å²) >= 11 is 0. The number of rotatable bonds is 11. The third kappa shape index (κ3) is 6.57. The SMILES string of the molecule is CCC(Oc1cccc(OC)c1)C(=O)Nc1ccc(S(=O)(=O)Nc2cc(OC)ccc2OC)cc1. The molecule has 3 rings (SSSR count). The molecule has 0 aliphatic heterocycles. The van der Waals surface area contributed by atoms with Crippen molar-refractivity contribution < 1.29 is 32.2 Å². The molecule has 10 heteroatoms. The molecule has 0 radical (unpaired) electrons. The molecule has 1 amide bonds. The van der Waals surface area contributed by atoms with Gasteiger partial charge >= 0.3 is 0 Å². The molecule has 0 aliphatic carbocycles. The van der Waals surface area contributed by atoms with Crippen LogP contribution in [0.3, 0.4) is 0 Å². The first kappa shape index (κ1) is 25.7. The van der Waals surface area contributed by atoms with Crippen LogP contribution in [0.15, 0.2) is 71.6 Å². The van der Waals surface area contributed by atoms with E-state index in [1.165, 1.54) is 44.6 Å². The number of carbonyl (C=O) groups excluding carboxylic acids is 1. The van der Waals surface area contributed by atoms with Crippen molar-refractivity contribution in [1.82, 2.24) is 0 Å². The molecule has 1 unspecified atom stereocenters. The van der Waals surface area contributed by atoms with Gasteiger partial charge in [0.05, 0.1) is 31.9 Å². The van der Waals surface area contributed by atoms with E-state index in [1.54, 1.807) is 43.5 Å². The number of benzene rings is 3. The number of sulfonamides is 1. The Morgan fingerprint density at radius 1 is 0.857 bits per heavy atom. The van der Waals surface area contributed by atoms with E-state index in [0.717, 1.165) is 0 Å². The second-order valence-electron chi connectivity index (χ2n) is 7.38. The lowest BCUT2D eigenvalue weighted by Crippen LogP contribution is -2.32. The average molecular weight is 501 g/mol. The number of methoxy groups -OCH3 is 3. The smallest absolute Gasteiger partial charge is 0.265 e. The van der Waals surface area contributed by atoms with E-state index in [9.17, 15) is 13.2 Å². The van der Waals surface area contributed by atoms with E-state index in [2.05, 4.69) is 10.0 Å². The van der Waals surface area contributed by atoms with Gasteiger partial charge in [0.1, 0.15) is 23.0 Å². The van der Waals surface area contributed by atoms with Gasteiger partial charge in [0, 0.05) is 17.8 Å². The second-order valence-corrected chi connectivity index (χ2v) is 9.06. The van der Waals surface area contributed by atoms with Crippen LogP contribution in [0, 0.1) is 0 Å². The lowest BCUT2D eigenvalue weighted by atomic mass is 10.2. The number of nitrogens with one attached hydrogen (secondary N) is 2. The standard InChI is InChI=1S/C25H28N2O7S/c1-5-23(34-20-8-6-7-18(15-20)31-2)25(28)26-17-9-12-21(13-10-17)35(29,30)27-22-16-19(32-3)11-14-24(22)33-4/h6-16,23,27H,5H2,1-4H3,(H,26,28). The molecule has 0 spiro atoms. The molecule has 35 heavy (non-hydrogen) atoms. The summed E-state index contributed by atoms with van der Waals surface area (Å²) in [6.45, 7) is 1.83. The summed E-state index contributed by atoms with van der Waals surface area (Å²) in [5.41, 5.74) is 0.672. The predicted octanol–water partition coefficient (Wildman–Crippen LogP) is 4.31. The fourth-order valence-corrected chi connectivity index (χ4v) is 4.26. The molecule has 0 aliphatic rings. The maximum Gasteiger partial charge on any atom is 0.265 e. The van der Waals surface area contributed by atoms with Crippen LogP contribution in [-0.2, 0) is 14.8 Å². The van der Waals surface area contributed by atoms with E-state index in [1.807, 2.05) is 6.92 Å². The van der Waals surface area contributed by atoms with E-state index in [0.29, 0.717) is 35.1 Å². The normalized spacial score (nSPS) is 11.8. The molecule has 0 bridgehead atoms. The summed E-state index contributed by atoms with van der Waals surface area (Å²) in [4.78, 5) is 12.7. The molecule has 0 aromatic heterocycles. The van der Waals surface area contributed by atoms with Crippen LogP contribution >= 0.6 is 0 Å². The second kappa shape index (κ2) is 11.5. The Balaban J connectivity index is 1.70. The molecule has 3 aromatic carbocycles. The first-order chi connectivity index (χ1) is 16.8. The Morgan fingerprint density at radius 3 is 2.14 bits per heavy atom. The van der Waals surface area contributed by atoms with Gasteiger partial charge in [-0.05, 0) is 55.0 Å². The lowest BCUT2D eigenvalue weighted by Gasteiger charge is -2.18. The Kier molecular flexibility index (Phi) is 8.43. The zero-order valence-corrected chi connectivity index (χ0v) is 20.7. The van der Waals surface area contributed by atoms with Crippen LogP contribution in [0.4, 0.5) is 11.4 Å². The molecule has 0 fully saturated rings. The van der Waals surface area contributed by atoms with Gasteiger partial charge in [0.15, 0.2) is 6.10 Å². The summed E-state index contributed by atoms with van der Waals surface area (Å²) in [5.74, 6) is 1.59. The topological polar surface area (TPSA) is 112 Å². The van der Waals surface area contributed by atoms with Crippen LogP contribution in [-0.4, -0.2) is 41.8 Å². The Bertz CT molecular complexity index is 1260. The minimum absolute atomic E-state index is 0.0139. The zero-order valence-electron chi connectivity index (χ0n) is 19.9.